The molecule has 1 aromatic heterocycles. The third-order valence-electron chi connectivity index (χ3n) is 4.65. The number of carbonyl (C=O) groups is 1. The summed E-state index contributed by atoms with van der Waals surface area (Å²) in [5.74, 6) is -2.94. The molecule has 1 aliphatic rings. The van der Waals surface area contributed by atoms with Gasteiger partial charge in [-0.2, -0.15) is 13.2 Å². The molecule has 140 valence electrons. The van der Waals surface area contributed by atoms with Crippen LogP contribution in [0.1, 0.15) is 48.3 Å². The second-order valence-corrected chi connectivity index (χ2v) is 6.39. The van der Waals surface area contributed by atoms with Crippen LogP contribution in [0.25, 0.3) is 0 Å². The lowest BCUT2D eigenvalue weighted by Gasteiger charge is -2.18. The first kappa shape index (κ1) is 18.5. The first-order valence-corrected chi connectivity index (χ1v) is 8.16. The van der Waals surface area contributed by atoms with Crippen molar-refractivity contribution in [1.82, 2.24) is 14.8 Å². The zero-order valence-corrected chi connectivity index (χ0v) is 13.6. The van der Waals surface area contributed by atoms with E-state index in [2.05, 4.69) is 10.2 Å². The number of hydrogen-bond donors (Lipinski definition) is 0. The van der Waals surface area contributed by atoms with Gasteiger partial charge in [0.1, 0.15) is 24.4 Å². The SMILES string of the molecule is O=CC[C@H]1CC[C@@H](c2cccc(F)c2F)Cn2c(CC(F)(F)F)nnc21. The van der Waals surface area contributed by atoms with Gasteiger partial charge < -0.3 is 9.36 Å². The number of alkyl halides is 3. The maximum Gasteiger partial charge on any atom is 0.396 e. The topological polar surface area (TPSA) is 47.8 Å². The molecule has 4 nitrogen and oxygen atoms in total. The summed E-state index contributed by atoms with van der Waals surface area (Å²) in [4.78, 5) is 10.9. The number of hydrogen-bond acceptors (Lipinski definition) is 3. The Morgan fingerprint density at radius 3 is 2.65 bits per heavy atom. The van der Waals surface area contributed by atoms with Crippen molar-refractivity contribution in [2.75, 3.05) is 0 Å². The molecule has 0 bridgehead atoms. The van der Waals surface area contributed by atoms with Gasteiger partial charge in [-0.25, -0.2) is 8.78 Å². The third kappa shape index (κ3) is 3.76. The van der Waals surface area contributed by atoms with E-state index in [1.54, 1.807) is 0 Å². The molecule has 0 saturated heterocycles. The molecule has 0 aliphatic carbocycles. The van der Waals surface area contributed by atoms with Crippen LogP contribution in [0.4, 0.5) is 22.0 Å². The Balaban J connectivity index is 2.01. The molecule has 0 radical (unpaired) electrons. The van der Waals surface area contributed by atoms with E-state index in [0.717, 1.165) is 6.07 Å². The van der Waals surface area contributed by atoms with Crippen LogP contribution in [0.15, 0.2) is 18.2 Å². The van der Waals surface area contributed by atoms with E-state index in [-0.39, 0.29) is 30.2 Å². The molecule has 9 heteroatoms. The van der Waals surface area contributed by atoms with E-state index >= 15 is 0 Å². The number of nitrogens with zero attached hydrogens (tertiary/aromatic N) is 3. The van der Waals surface area contributed by atoms with Gasteiger partial charge in [0, 0.05) is 24.8 Å². The Kier molecular flexibility index (Phi) is 5.06. The minimum Gasteiger partial charge on any atom is -0.314 e. The molecule has 0 unspecified atom stereocenters. The summed E-state index contributed by atoms with van der Waals surface area (Å²) >= 11 is 0. The van der Waals surface area contributed by atoms with Crippen LogP contribution in [0.5, 0.6) is 0 Å². The zero-order valence-electron chi connectivity index (χ0n) is 13.6. The fourth-order valence-corrected chi connectivity index (χ4v) is 3.43. The molecule has 1 aliphatic heterocycles. The molecule has 3 rings (SSSR count). The van der Waals surface area contributed by atoms with Crippen molar-refractivity contribution in [2.24, 2.45) is 0 Å². The first-order valence-electron chi connectivity index (χ1n) is 8.16. The van der Waals surface area contributed by atoms with Crippen LogP contribution < -0.4 is 0 Å². The predicted octanol–water partition coefficient (Wildman–Crippen LogP) is 3.91. The van der Waals surface area contributed by atoms with Gasteiger partial charge in [-0.1, -0.05) is 12.1 Å². The highest BCUT2D eigenvalue weighted by atomic mass is 19.4. The summed E-state index contributed by atoms with van der Waals surface area (Å²) in [5, 5.41) is 7.49. The number of halogens is 5. The highest BCUT2D eigenvalue weighted by Crippen LogP contribution is 2.37. The van der Waals surface area contributed by atoms with Crippen LogP contribution in [-0.2, 0) is 17.8 Å². The minimum atomic E-state index is -4.48. The summed E-state index contributed by atoms with van der Waals surface area (Å²) in [6.07, 6.45) is -4.17. The van der Waals surface area contributed by atoms with Crippen molar-refractivity contribution in [3.05, 3.63) is 47.0 Å². The largest absolute Gasteiger partial charge is 0.396 e. The molecule has 0 saturated carbocycles. The molecule has 26 heavy (non-hydrogen) atoms. The molecular weight excluding hydrogens is 357 g/mol. The van der Waals surface area contributed by atoms with E-state index in [1.807, 2.05) is 0 Å². The van der Waals surface area contributed by atoms with Gasteiger partial charge >= 0.3 is 6.18 Å². The average Bonchev–Trinajstić information content (AvgIpc) is 2.83. The van der Waals surface area contributed by atoms with E-state index in [0.29, 0.717) is 19.1 Å². The monoisotopic (exact) mass is 373 g/mol. The number of fused-ring (bicyclic) bond motifs is 1. The summed E-state index contributed by atoms with van der Waals surface area (Å²) in [5.41, 5.74) is 0.106. The van der Waals surface area contributed by atoms with Crippen LogP contribution in [-0.4, -0.2) is 27.2 Å². The molecule has 2 aromatic rings. The molecule has 1 aromatic carbocycles. The van der Waals surface area contributed by atoms with Crippen molar-refractivity contribution in [2.45, 2.75) is 50.2 Å². The van der Waals surface area contributed by atoms with Gasteiger partial charge in [0.15, 0.2) is 11.6 Å². The summed E-state index contributed by atoms with van der Waals surface area (Å²) in [7, 11) is 0. The maximum absolute atomic E-state index is 14.2. The molecule has 0 fully saturated rings. The summed E-state index contributed by atoms with van der Waals surface area (Å²) in [6.45, 7) is 0.00345. The molecular formula is C17H16F5N3O. The van der Waals surface area contributed by atoms with E-state index in [9.17, 15) is 26.7 Å². The third-order valence-corrected chi connectivity index (χ3v) is 4.65. The van der Waals surface area contributed by atoms with Gasteiger partial charge in [-0.15, -0.1) is 10.2 Å². The van der Waals surface area contributed by atoms with E-state index in [4.69, 9.17) is 0 Å². The van der Waals surface area contributed by atoms with Gasteiger partial charge in [0.05, 0.1) is 0 Å². The van der Waals surface area contributed by atoms with Crippen molar-refractivity contribution < 1.29 is 26.7 Å². The number of benzene rings is 1. The predicted molar refractivity (Wildman–Crippen MR) is 81.5 cm³/mol. The molecule has 0 amide bonds. The van der Waals surface area contributed by atoms with Gasteiger partial charge in [-0.05, 0) is 24.5 Å². The average molecular weight is 373 g/mol. The zero-order chi connectivity index (χ0) is 18.9. The standard InChI is InChI=1S/C17H16F5N3O/c18-13-3-1-2-12(15(13)19)11-5-4-10(6-7-26)16-24-23-14(25(16)9-11)8-17(20,21)22/h1-3,7,10-11H,4-6,8-9H2/t10-,11-/m1/s1. The summed E-state index contributed by atoms with van der Waals surface area (Å²) < 4.78 is 67.5. The Labute approximate surface area is 146 Å². The van der Waals surface area contributed by atoms with Crippen molar-refractivity contribution in [3.8, 4) is 0 Å². The van der Waals surface area contributed by atoms with Crippen LogP contribution in [0.3, 0.4) is 0 Å². The number of rotatable bonds is 4. The maximum atomic E-state index is 14.2. The Hall–Kier alpha value is -2.32. The van der Waals surface area contributed by atoms with Gasteiger partial charge in [0.2, 0.25) is 0 Å². The van der Waals surface area contributed by atoms with Crippen molar-refractivity contribution >= 4 is 6.29 Å². The smallest absolute Gasteiger partial charge is 0.314 e. The number of aromatic nitrogens is 3. The fourth-order valence-electron chi connectivity index (χ4n) is 3.43. The fraction of sp³-hybridized carbons (Fsp3) is 0.471. The lowest BCUT2D eigenvalue weighted by Crippen LogP contribution is -2.19. The second kappa shape index (κ2) is 7.13. The van der Waals surface area contributed by atoms with Crippen LogP contribution >= 0.6 is 0 Å². The van der Waals surface area contributed by atoms with E-state index in [1.165, 1.54) is 16.7 Å². The molecule has 0 spiro atoms. The van der Waals surface area contributed by atoms with Gasteiger partial charge in [0.25, 0.3) is 0 Å². The Morgan fingerprint density at radius 1 is 1.19 bits per heavy atom. The van der Waals surface area contributed by atoms with Crippen molar-refractivity contribution in [3.63, 3.8) is 0 Å². The Morgan fingerprint density at radius 2 is 1.96 bits per heavy atom. The van der Waals surface area contributed by atoms with Crippen LogP contribution in [0, 0.1) is 11.6 Å². The van der Waals surface area contributed by atoms with Crippen molar-refractivity contribution in [1.29, 1.82) is 0 Å². The first-order chi connectivity index (χ1) is 12.3. The lowest BCUT2D eigenvalue weighted by atomic mass is 9.90. The summed E-state index contributed by atoms with van der Waals surface area (Å²) in [6, 6.07) is 3.78. The molecule has 2 heterocycles. The van der Waals surface area contributed by atoms with Crippen LogP contribution in [0.2, 0.25) is 0 Å². The number of carbonyl (C=O) groups excluding carboxylic acids is 1. The quantitative estimate of drug-likeness (QED) is 0.603. The Bertz CT molecular complexity index is 802. The molecule has 0 N–H and O–H groups in total. The van der Waals surface area contributed by atoms with Gasteiger partial charge in [-0.3, -0.25) is 0 Å². The minimum absolute atomic E-state index is 0.00345. The number of aldehydes is 1. The highest BCUT2D eigenvalue weighted by Gasteiger charge is 2.35. The van der Waals surface area contributed by atoms with E-state index < -0.39 is 36.1 Å². The second-order valence-electron chi connectivity index (χ2n) is 6.39. The normalized spacial score (nSPS) is 20.5. The molecule has 2 atom stereocenters. The highest BCUT2D eigenvalue weighted by molar-refractivity contribution is 5.51. The lowest BCUT2D eigenvalue weighted by molar-refractivity contribution is -0.129.